The van der Waals surface area contributed by atoms with Crippen LogP contribution in [-0.2, 0) is 27.4 Å². The van der Waals surface area contributed by atoms with Crippen molar-refractivity contribution in [3.63, 3.8) is 0 Å². The summed E-state index contributed by atoms with van der Waals surface area (Å²) in [6.07, 6.45) is 1.56. The lowest BCUT2D eigenvalue weighted by atomic mass is 9.95. The Labute approximate surface area is 291 Å². The molecule has 264 valence electrons. The Balaban J connectivity index is 1.53. The average molecular weight is 685 g/mol. The summed E-state index contributed by atoms with van der Waals surface area (Å²) in [7, 11) is 6.23. The molecular weight excluding hydrogens is 640 g/mol. The lowest BCUT2D eigenvalue weighted by molar-refractivity contribution is -0.120. The number of aromatic amines is 1. The second-order valence-corrected chi connectivity index (χ2v) is 12.5. The number of hydrogen-bond acceptors (Lipinski definition) is 10. The molecular formula is C37H44N6O7. The van der Waals surface area contributed by atoms with Crippen molar-refractivity contribution in [1.82, 2.24) is 20.5 Å². The molecule has 1 aromatic heterocycles. The van der Waals surface area contributed by atoms with E-state index in [4.69, 9.17) is 18.9 Å². The van der Waals surface area contributed by atoms with Gasteiger partial charge in [-0.25, -0.2) is 4.98 Å². The van der Waals surface area contributed by atoms with E-state index in [9.17, 15) is 14.4 Å². The number of carbonyl (C=O) groups excluding carboxylic acids is 2. The monoisotopic (exact) mass is 684 g/mol. The van der Waals surface area contributed by atoms with Gasteiger partial charge in [0.1, 0.15) is 12.6 Å². The minimum Gasteiger partial charge on any atom is -0.493 e. The zero-order valence-corrected chi connectivity index (χ0v) is 29.4. The Morgan fingerprint density at radius 1 is 1.00 bits per heavy atom. The molecule has 0 radical (unpaired) electrons. The van der Waals surface area contributed by atoms with Crippen LogP contribution in [0, 0.1) is 5.92 Å². The Bertz CT molecular complexity index is 1930. The minimum atomic E-state index is -0.748. The number of anilines is 2. The van der Waals surface area contributed by atoms with Gasteiger partial charge in [0, 0.05) is 30.8 Å². The number of rotatable bonds is 13. The fourth-order valence-corrected chi connectivity index (χ4v) is 6.31. The molecule has 0 saturated heterocycles. The minimum absolute atomic E-state index is 0.129. The Morgan fingerprint density at radius 3 is 2.46 bits per heavy atom. The van der Waals surface area contributed by atoms with E-state index in [1.54, 1.807) is 39.5 Å². The molecule has 0 spiro atoms. The normalized spacial score (nSPS) is 14.1. The van der Waals surface area contributed by atoms with E-state index in [2.05, 4.69) is 31.1 Å². The van der Waals surface area contributed by atoms with Crippen LogP contribution in [0.4, 0.5) is 11.4 Å². The standard InChI is InChI=1S/C37H44N6O7/c1-20(2)15-29(37(46)39-24-10-8-9-23(16-24)36-41-32(19-47-4)42-43-36)40-28-14-12-25-26(18-30(28)45)27(38-21(3)44)13-11-22-17-31(48-5)34(49-6)35(50-7)33(22)25/h8-10,12,14,16-18,20,27,29H,11,13,15,19H2,1-7H3,(H,38,44)(H,39,46)(H,40,45)(H,41,42,43)/t27-,29+/m1/s1. The highest BCUT2D eigenvalue weighted by Crippen LogP contribution is 2.50. The third kappa shape index (κ3) is 7.89. The molecule has 2 amide bonds. The second-order valence-electron chi connectivity index (χ2n) is 12.5. The Hall–Kier alpha value is -5.43. The van der Waals surface area contributed by atoms with E-state index in [1.807, 2.05) is 38.1 Å². The van der Waals surface area contributed by atoms with Crippen molar-refractivity contribution < 1.29 is 28.5 Å². The van der Waals surface area contributed by atoms with Crippen LogP contribution in [0.3, 0.4) is 0 Å². The molecule has 0 unspecified atom stereocenters. The molecule has 0 bridgehead atoms. The van der Waals surface area contributed by atoms with E-state index >= 15 is 0 Å². The molecule has 50 heavy (non-hydrogen) atoms. The fraction of sp³-hybridized carbons (Fsp3) is 0.378. The quantitative estimate of drug-likeness (QED) is 0.146. The van der Waals surface area contributed by atoms with Gasteiger partial charge in [0.05, 0.1) is 33.1 Å². The van der Waals surface area contributed by atoms with Gasteiger partial charge in [0.15, 0.2) is 23.1 Å². The van der Waals surface area contributed by atoms with Crippen molar-refractivity contribution in [2.24, 2.45) is 5.92 Å². The fourth-order valence-electron chi connectivity index (χ4n) is 6.31. The number of nitrogens with one attached hydrogen (secondary N) is 4. The van der Waals surface area contributed by atoms with Crippen LogP contribution in [0.5, 0.6) is 17.2 Å². The number of aryl methyl sites for hydroxylation is 1. The van der Waals surface area contributed by atoms with Crippen LogP contribution in [-0.4, -0.2) is 61.5 Å². The molecule has 1 heterocycles. The van der Waals surface area contributed by atoms with E-state index < -0.39 is 12.1 Å². The molecule has 4 aromatic rings. The van der Waals surface area contributed by atoms with Crippen molar-refractivity contribution >= 4 is 23.2 Å². The van der Waals surface area contributed by atoms with Crippen LogP contribution < -0.4 is 35.6 Å². The molecule has 3 aromatic carbocycles. The van der Waals surface area contributed by atoms with E-state index in [0.29, 0.717) is 77.1 Å². The first-order chi connectivity index (χ1) is 24.1. The predicted molar refractivity (Wildman–Crippen MR) is 191 cm³/mol. The number of benzene rings is 2. The van der Waals surface area contributed by atoms with Crippen LogP contribution in [0.1, 0.15) is 56.6 Å². The van der Waals surface area contributed by atoms with Gasteiger partial charge < -0.3 is 34.9 Å². The molecule has 1 aliphatic rings. The SMILES string of the molecule is COCc1nc(-c2cccc(NC(=O)[C@H](CC(C)C)Nc3ccc4c(cc3=O)[C@H](NC(C)=O)CCc3cc(OC)c(OC)c(OC)c3-4)c2)n[nH]1. The summed E-state index contributed by atoms with van der Waals surface area (Å²) in [5.41, 5.74) is 4.16. The van der Waals surface area contributed by atoms with Crippen LogP contribution in [0.2, 0.25) is 0 Å². The molecule has 5 rings (SSSR count). The van der Waals surface area contributed by atoms with Gasteiger partial charge in [0.2, 0.25) is 23.0 Å². The highest BCUT2D eigenvalue weighted by atomic mass is 16.5. The predicted octanol–water partition coefficient (Wildman–Crippen LogP) is 5.26. The molecule has 13 nitrogen and oxygen atoms in total. The molecule has 0 fully saturated rings. The number of amides is 2. The lowest BCUT2D eigenvalue weighted by Crippen LogP contribution is -2.37. The largest absolute Gasteiger partial charge is 0.493 e. The smallest absolute Gasteiger partial charge is 0.246 e. The number of hydrogen-bond donors (Lipinski definition) is 4. The number of nitrogens with zero attached hydrogens (tertiary/aromatic N) is 2. The van der Waals surface area contributed by atoms with Gasteiger partial charge >= 0.3 is 0 Å². The molecule has 0 saturated carbocycles. The summed E-state index contributed by atoms with van der Waals surface area (Å²) in [6.45, 7) is 5.77. The molecule has 2 atom stereocenters. The van der Waals surface area contributed by atoms with Gasteiger partial charge in [0.25, 0.3) is 0 Å². The summed E-state index contributed by atoms with van der Waals surface area (Å²) in [5, 5.41) is 16.4. The van der Waals surface area contributed by atoms with Gasteiger partial charge in [-0.1, -0.05) is 32.0 Å². The first-order valence-electron chi connectivity index (χ1n) is 16.4. The zero-order chi connectivity index (χ0) is 35.9. The van der Waals surface area contributed by atoms with E-state index in [1.165, 1.54) is 20.1 Å². The van der Waals surface area contributed by atoms with Crippen LogP contribution in [0.25, 0.3) is 22.5 Å². The average Bonchev–Trinajstić information content (AvgIpc) is 3.44. The van der Waals surface area contributed by atoms with E-state index in [0.717, 1.165) is 11.1 Å². The lowest BCUT2D eigenvalue weighted by Gasteiger charge is -2.21. The van der Waals surface area contributed by atoms with Crippen LogP contribution in [0.15, 0.2) is 53.3 Å². The third-order valence-electron chi connectivity index (χ3n) is 8.47. The number of H-pyrrole nitrogens is 1. The first kappa shape index (κ1) is 35.9. The van der Waals surface area contributed by atoms with Gasteiger partial charge in [-0.15, -0.1) is 0 Å². The number of methoxy groups -OCH3 is 4. The molecule has 4 N–H and O–H groups in total. The maximum absolute atomic E-state index is 14.0. The van der Waals surface area contributed by atoms with E-state index in [-0.39, 0.29) is 28.8 Å². The first-order valence-corrected chi connectivity index (χ1v) is 16.4. The summed E-state index contributed by atoms with van der Waals surface area (Å²) >= 11 is 0. The van der Waals surface area contributed by atoms with Gasteiger partial charge in [-0.2, -0.15) is 5.10 Å². The van der Waals surface area contributed by atoms with Gasteiger partial charge in [-0.3, -0.25) is 19.5 Å². The maximum Gasteiger partial charge on any atom is 0.246 e. The summed E-state index contributed by atoms with van der Waals surface area (Å²) in [6, 6.07) is 13.0. The second kappa shape index (κ2) is 15.9. The van der Waals surface area contributed by atoms with Gasteiger partial charge in [-0.05, 0) is 72.2 Å². The Morgan fingerprint density at radius 2 is 1.78 bits per heavy atom. The highest BCUT2D eigenvalue weighted by Gasteiger charge is 2.30. The number of fused-ring (bicyclic) bond motifs is 3. The Kier molecular flexibility index (Phi) is 11.4. The molecule has 0 aliphatic heterocycles. The zero-order valence-electron chi connectivity index (χ0n) is 29.4. The highest BCUT2D eigenvalue weighted by molar-refractivity contribution is 5.97. The maximum atomic E-state index is 14.0. The van der Waals surface area contributed by atoms with Crippen molar-refractivity contribution in [3.8, 4) is 39.8 Å². The topological polar surface area (TPSA) is 166 Å². The van der Waals surface area contributed by atoms with Crippen molar-refractivity contribution in [1.29, 1.82) is 0 Å². The third-order valence-corrected chi connectivity index (χ3v) is 8.47. The number of aromatic nitrogens is 3. The number of carbonyl (C=O) groups is 2. The van der Waals surface area contributed by atoms with Crippen molar-refractivity contribution in [2.75, 3.05) is 39.1 Å². The summed E-state index contributed by atoms with van der Waals surface area (Å²) in [4.78, 5) is 44.6. The van der Waals surface area contributed by atoms with Crippen LogP contribution >= 0.6 is 0 Å². The van der Waals surface area contributed by atoms with Crippen molar-refractivity contribution in [3.05, 3.63) is 75.7 Å². The number of ether oxygens (including phenoxy) is 4. The molecule has 13 heteroatoms. The van der Waals surface area contributed by atoms with Crippen molar-refractivity contribution in [2.45, 2.75) is 58.7 Å². The summed E-state index contributed by atoms with van der Waals surface area (Å²) in [5.74, 6) is 2.05. The molecule has 1 aliphatic carbocycles. The summed E-state index contributed by atoms with van der Waals surface area (Å²) < 4.78 is 22.3.